The quantitative estimate of drug-likeness (QED) is 0.401. The Labute approximate surface area is 198 Å². The summed E-state index contributed by atoms with van der Waals surface area (Å²) in [5.74, 6) is 1.99. The molecule has 0 radical (unpaired) electrons. The Bertz CT molecular complexity index is 1280. The lowest BCUT2D eigenvalue weighted by Gasteiger charge is -2.32. The summed E-state index contributed by atoms with van der Waals surface area (Å²) in [5.41, 5.74) is 2.65. The third kappa shape index (κ3) is 4.44. The number of piperidine rings is 1. The molecule has 0 amide bonds. The zero-order valence-corrected chi connectivity index (χ0v) is 19.3. The van der Waals surface area contributed by atoms with Crippen LogP contribution in [-0.4, -0.2) is 51.8 Å². The van der Waals surface area contributed by atoms with E-state index in [0.29, 0.717) is 5.56 Å². The summed E-state index contributed by atoms with van der Waals surface area (Å²) in [6.07, 6.45) is 10.4. The van der Waals surface area contributed by atoms with Crippen molar-refractivity contribution in [3.63, 3.8) is 0 Å². The molecule has 174 valence electrons. The van der Waals surface area contributed by atoms with Crippen molar-refractivity contribution in [2.45, 2.75) is 32.3 Å². The predicted molar refractivity (Wildman–Crippen MR) is 130 cm³/mol. The van der Waals surface area contributed by atoms with E-state index in [1.807, 2.05) is 53.5 Å². The number of carbonyl (C=O) groups excluding carboxylic acids is 1. The Morgan fingerprint density at radius 2 is 1.82 bits per heavy atom. The number of hydrogen-bond donors (Lipinski definition) is 0. The van der Waals surface area contributed by atoms with E-state index in [1.54, 1.807) is 12.3 Å². The number of esters is 1. The van der Waals surface area contributed by atoms with Crippen LogP contribution in [0.2, 0.25) is 0 Å². The molecule has 4 aromatic rings. The van der Waals surface area contributed by atoms with Gasteiger partial charge in [-0.2, -0.15) is 0 Å². The van der Waals surface area contributed by atoms with Gasteiger partial charge in [0.15, 0.2) is 0 Å². The van der Waals surface area contributed by atoms with Crippen molar-refractivity contribution in [3.8, 4) is 11.6 Å². The van der Waals surface area contributed by atoms with Crippen LogP contribution in [-0.2, 0) is 11.2 Å². The van der Waals surface area contributed by atoms with Crippen LogP contribution in [0.5, 0.6) is 5.75 Å². The molecule has 0 N–H and O–H groups in total. The van der Waals surface area contributed by atoms with E-state index in [0.717, 1.165) is 66.3 Å². The second kappa shape index (κ2) is 9.51. The normalized spacial score (nSPS) is 14.4. The van der Waals surface area contributed by atoms with Gasteiger partial charge in [-0.1, -0.05) is 6.92 Å². The Balaban J connectivity index is 1.22. The van der Waals surface area contributed by atoms with Crippen molar-refractivity contribution in [2.75, 3.05) is 25.1 Å². The maximum Gasteiger partial charge on any atom is 0.337 e. The summed E-state index contributed by atoms with van der Waals surface area (Å²) in [6.45, 7) is 3.83. The molecule has 0 unspecified atom stereocenters. The second-order valence-corrected chi connectivity index (χ2v) is 8.35. The monoisotopic (exact) mass is 457 g/mol. The minimum atomic E-state index is -0.345. The first-order valence-corrected chi connectivity index (χ1v) is 11.5. The van der Waals surface area contributed by atoms with Crippen LogP contribution in [0.4, 0.5) is 5.95 Å². The van der Waals surface area contributed by atoms with Crippen LogP contribution in [0.25, 0.3) is 16.7 Å². The minimum Gasteiger partial charge on any atom is -0.489 e. The average molecular weight is 458 g/mol. The van der Waals surface area contributed by atoms with Gasteiger partial charge in [0.2, 0.25) is 5.95 Å². The van der Waals surface area contributed by atoms with E-state index in [4.69, 9.17) is 9.47 Å². The Kier molecular flexibility index (Phi) is 6.12. The van der Waals surface area contributed by atoms with Crippen LogP contribution in [0.3, 0.4) is 0 Å². The van der Waals surface area contributed by atoms with Crippen LogP contribution < -0.4 is 9.64 Å². The molecule has 0 spiro atoms. The number of rotatable bonds is 6. The Hall–Kier alpha value is -3.94. The smallest absolute Gasteiger partial charge is 0.337 e. The number of ether oxygens (including phenoxy) is 2. The average Bonchev–Trinajstić information content (AvgIpc) is 3.32. The van der Waals surface area contributed by atoms with E-state index in [2.05, 4.69) is 26.8 Å². The third-order valence-corrected chi connectivity index (χ3v) is 6.21. The number of carbonyl (C=O) groups is 1. The molecule has 1 aliphatic heterocycles. The van der Waals surface area contributed by atoms with Gasteiger partial charge in [0, 0.05) is 49.9 Å². The van der Waals surface area contributed by atoms with Crippen LogP contribution >= 0.6 is 0 Å². The fourth-order valence-corrected chi connectivity index (χ4v) is 4.23. The van der Waals surface area contributed by atoms with Crippen molar-refractivity contribution in [3.05, 3.63) is 72.3 Å². The largest absolute Gasteiger partial charge is 0.489 e. The van der Waals surface area contributed by atoms with Gasteiger partial charge >= 0.3 is 5.97 Å². The molecular formula is C26H27N5O3. The molecule has 4 heterocycles. The maximum atomic E-state index is 11.8. The van der Waals surface area contributed by atoms with Gasteiger partial charge < -0.3 is 18.9 Å². The number of aryl methyl sites for hydroxylation is 1. The summed E-state index contributed by atoms with van der Waals surface area (Å²) in [6, 6.07) is 11.3. The number of benzene rings is 1. The highest BCUT2D eigenvalue weighted by Gasteiger charge is 2.22. The third-order valence-electron chi connectivity index (χ3n) is 6.21. The number of fused-ring (bicyclic) bond motifs is 1. The van der Waals surface area contributed by atoms with Gasteiger partial charge in [0.1, 0.15) is 17.7 Å². The number of methoxy groups -OCH3 is 1. The van der Waals surface area contributed by atoms with Gasteiger partial charge in [-0.05, 0) is 48.4 Å². The molecule has 0 saturated carbocycles. The molecule has 34 heavy (non-hydrogen) atoms. The fraction of sp³-hybridized carbons (Fsp3) is 0.308. The molecule has 0 bridgehead atoms. The molecule has 1 aromatic carbocycles. The van der Waals surface area contributed by atoms with Gasteiger partial charge in [0.05, 0.1) is 24.4 Å². The van der Waals surface area contributed by atoms with Gasteiger partial charge in [-0.25, -0.2) is 19.7 Å². The molecule has 0 aliphatic carbocycles. The summed E-state index contributed by atoms with van der Waals surface area (Å²) >= 11 is 0. The number of hydrogen-bond acceptors (Lipinski definition) is 7. The van der Waals surface area contributed by atoms with E-state index >= 15 is 0 Å². The van der Waals surface area contributed by atoms with Crippen LogP contribution in [0, 0.1) is 0 Å². The first kappa shape index (κ1) is 21.9. The topological polar surface area (TPSA) is 82.4 Å². The molecule has 1 fully saturated rings. The minimum absolute atomic E-state index is 0.142. The number of nitrogens with zero attached hydrogens (tertiary/aromatic N) is 5. The first-order valence-electron chi connectivity index (χ1n) is 11.5. The number of aromatic nitrogens is 4. The van der Waals surface area contributed by atoms with E-state index < -0.39 is 0 Å². The molecule has 1 aliphatic rings. The Morgan fingerprint density at radius 1 is 1.03 bits per heavy atom. The van der Waals surface area contributed by atoms with Crippen LogP contribution in [0.15, 0.2) is 61.2 Å². The van der Waals surface area contributed by atoms with E-state index in [1.165, 1.54) is 7.11 Å². The van der Waals surface area contributed by atoms with Crippen molar-refractivity contribution in [1.82, 2.24) is 19.5 Å². The van der Waals surface area contributed by atoms with Crippen LogP contribution in [0.1, 0.15) is 35.7 Å². The molecule has 5 rings (SSSR count). The summed E-state index contributed by atoms with van der Waals surface area (Å²) in [7, 11) is 1.38. The molecule has 1 saturated heterocycles. The highest BCUT2D eigenvalue weighted by Crippen LogP contribution is 2.24. The SMILES string of the molecule is CCc1cnc(N2CCC(Oc3ccc(-n4ccc5cc(C(=O)OC)ccc54)nc3)CC2)nc1. The van der Waals surface area contributed by atoms with E-state index in [9.17, 15) is 4.79 Å². The fourth-order valence-electron chi connectivity index (χ4n) is 4.23. The van der Waals surface area contributed by atoms with Crippen molar-refractivity contribution < 1.29 is 14.3 Å². The molecule has 8 nitrogen and oxygen atoms in total. The lowest BCUT2D eigenvalue weighted by Crippen LogP contribution is -2.39. The lowest BCUT2D eigenvalue weighted by atomic mass is 10.1. The summed E-state index contributed by atoms with van der Waals surface area (Å²) in [4.78, 5) is 27.6. The first-order chi connectivity index (χ1) is 16.6. The predicted octanol–water partition coefficient (Wildman–Crippen LogP) is 4.21. The summed E-state index contributed by atoms with van der Waals surface area (Å²) in [5, 5.41) is 0.949. The molecule has 0 atom stereocenters. The molecule has 8 heteroatoms. The van der Waals surface area contributed by atoms with Gasteiger partial charge in [-0.15, -0.1) is 0 Å². The Morgan fingerprint density at radius 3 is 2.50 bits per heavy atom. The second-order valence-electron chi connectivity index (χ2n) is 8.35. The number of anilines is 1. The van der Waals surface area contributed by atoms with Gasteiger partial charge in [0.25, 0.3) is 0 Å². The summed E-state index contributed by atoms with van der Waals surface area (Å²) < 4.78 is 13.0. The lowest BCUT2D eigenvalue weighted by molar-refractivity contribution is 0.0601. The standard InChI is InChI=1S/C26H27N5O3/c1-3-18-15-28-26(29-16-18)30-11-9-21(10-12-30)34-22-5-7-24(27-17-22)31-13-8-19-14-20(25(32)33-2)4-6-23(19)31/h4-8,13-17,21H,3,9-12H2,1-2H3. The zero-order chi connectivity index (χ0) is 23.5. The zero-order valence-electron chi connectivity index (χ0n) is 19.3. The highest BCUT2D eigenvalue weighted by molar-refractivity contribution is 5.95. The number of pyridine rings is 1. The maximum absolute atomic E-state index is 11.8. The van der Waals surface area contributed by atoms with Gasteiger partial charge in [-0.3, -0.25) is 0 Å². The molecular weight excluding hydrogens is 430 g/mol. The van der Waals surface area contributed by atoms with E-state index in [-0.39, 0.29) is 12.1 Å². The van der Waals surface area contributed by atoms with Crippen molar-refractivity contribution >= 4 is 22.8 Å². The van der Waals surface area contributed by atoms with Crippen molar-refractivity contribution in [1.29, 1.82) is 0 Å². The molecule has 3 aromatic heterocycles. The highest BCUT2D eigenvalue weighted by atomic mass is 16.5. The van der Waals surface area contributed by atoms with Crippen molar-refractivity contribution in [2.24, 2.45) is 0 Å².